The quantitative estimate of drug-likeness (QED) is 0.527. The molecule has 2 aliphatic rings. The Morgan fingerprint density at radius 2 is 1.81 bits per heavy atom. The van der Waals surface area contributed by atoms with E-state index in [-0.39, 0.29) is 22.6 Å². The molecule has 11 heteroatoms. The lowest BCUT2D eigenvalue weighted by Crippen LogP contribution is -2.54. The van der Waals surface area contributed by atoms with E-state index in [1.807, 2.05) is 0 Å². The number of piperidine rings is 1. The van der Waals surface area contributed by atoms with E-state index < -0.39 is 21.5 Å². The van der Waals surface area contributed by atoms with E-state index >= 15 is 0 Å². The van der Waals surface area contributed by atoms with Crippen LogP contribution in [0, 0.1) is 5.41 Å². The number of hydrogen-bond acceptors (Lipinski definition) is 6. The molecule has 0 unspecified atom stereocenters. The van der Waals surface area contributed by atoms with Crippen LogP contribution in [0.4, 0.5) is 0 Å². The highest BCUT2D eigenvalue weighted by atomic mass is 32.2. The highest BCUT2D eigenvalue weighted by Crippen LogP contribution is 2.37. The van der Waals surface area contributed by atoms with E-state index in [2.05, 4.69) is 15.4 Å². The third-order valence-electron chi connectivity index (χ3n) is 7.17. The third kappa shape index (κ3) is 7.27. The number of hydrogen-bond donors (Lipinski definition) is 3. The summed E-state index contributed by atoms with van der Waals surface area (Å²) in [4.78, 5) is 40.4. The second-order valence-electron chi connectivity index (χ2n) is 9.57. The minimum atomic E-state index is -3.49. The first-order valence-electron chi connectivity index (χ1n) is 12.6. The molecule has 1 spiro atoms. The molecule has 3 rings (SSSR count). The summed E-state index contributed by atoms with van der Waals surface area (Å²) in [7, 11) is -2.13. The van der Waals surface area contributed by atoms with Crippen molar-refractivity contribution in [2.75, 3.05) is 39.9 Å². The lowest BCUT2D eigenvalue weighted by molar-refractivity contribution is -0.142. The second-order valence-corrected chi connectivity index (χ2v) is 11.5. The number of carbonyl (C=O) groups is 3. The van der Waals surface area contributed by atoms with Crippen LogP contribution in [-0.2, 0) is 35.6 Å². The summed E-state index contributed by atoms with van der Waals surface area (Å²) >= 11 is 0. The molecule has 0 aliphatic carbocycles. The minimum absolute atomic E-state index is 0.0166. The first-order chi connectivity index (χ1) is 17.2. The van der Waals surface area contributed by atoms with Crippen molar-refractivity contribution in [1.29, 1.82) is 0 Å². The average molecular weight is 523 g/mol. The number of sulfonamides is 1. The number of carbonyl (C=O) groups excluding carboxylic acids is 3. The van der Waals surface area contributed by atoms with Crippen LogP contribution in [0.25, 0.3) is 0 Å². The monoisotopic (exact) mass is 522 g/mol. The molecule has 36 heavy (non-hydrogen) atoms. The molecule has 200 valence electrons. The summed E-state index contributed by atoms with van der Waals surface area (Å²) in [5.41, 5.74) is 0.282. The molecule has 0 radical (unpaired) electrons. The summed E-state index contributed by atoms with van der Waals surface area (Å²) in [5.74, 6) is -0.331. The van der Waals surface area contributed by atoms with Crippen LogP contribution in [0.5, 0.6) is 0 Å². The molecule has 0 aromatic heterocycles. The van der Waals surface area contributed by atoms with Crippen LogP contribution in [0.2, 0.25) is 0 Å². The van der Waals surface area contributed by atoms with Gasteiger partial charge in [-0.3, -0.25) is 14.4 Å². The van der Waals surface area contributed by atoms with Gasteiger partial charge >= 0.3 is 0 Å². The zero-order valence-corrected chi connectivity index (χ0v) is 22.0. The number of rotatable bonds is 5. The van der Waals surface area contributed by atoms with Crippen molar-refractivity contribution >= 4 is 27.7 Å². The molecule has 1 aromatic carbocycles. The Hall–Kier alpha value is -2.50. The van der Waals surface area contributed by atoms with Gasteiger partial charge in [-0.25, -0.2) is 13.1 Å². The number of ether oxygens (including phenoxy) is 1. The van der Waals surface area contributed by atoms with Crippen LogP contribution < -0.4 is 15.4 Å². The predicted octanol–water partition coefficient (Wildman–Crippen LogP) is 0.958. The van der Waals surface area contributed by atoms with Crippen molar-refractivity contribution in [2.45, 2.75) is 62.8 Å². The molecule has 1 atom stereocenters. The number of benzene rings is 1. The topological polar surface area (TPSA) is 134 Å². The molecule has 2 saturated heterocycles. The first kappa shape index (κ1) is 28.1. The van der Waals surface area contributed by atoms with Gasteiger partial charge in [0.25, 0.3) is 0 Å². The van der Waals surface area contributed by atoms with Crippen LogP contribution in [0.1, 0.15) is 51.0 Å². The van der Waals surface area contributed by atoms with Gasteiger partial charge in [-0.05, 0) is 63.8 Å². The molecule has 3 amide bonds. The molecule has 1 aromatic rings. The smallest absolute Gasteiger partial charge is 0.242 e. The van der Waals surface area contributed by atoms with E-state index in [1.54, 1.807) is 24.0 Å². The van der Waals surface area contributed by atoms with Crippen molar-refractivity contribution in [2.24, 2.45) is 5.41 Å². The largest absolute Gasteiger partial charge is 0.380 e. The van der Waals surface area contributed by atoms with Crippen molar-refractivity contribution < 1.29 is 27.5 Å². The van der Waals surface area contributed by atoms with Gasteiger partial charge in [0.05, 0.1) is 16.9 Å². The molecule has 10 nitrogen and oxygen atoms in total. The normalized spacial score (nSPS) is 22.1. The maximum Gasteiger partial charge on any atom is 0.242 e. The van der Waals surface area contributed by atoms with Crippen molar-refractivity contribution in [3.8, 4) is 0 Å². The van der Waals surface area contributed by atoms with Crippen LogP contribution in [-0.4, -0.2) is 77.0 Å². The fraction of sp³-hybridized carbons (Fsp3) is 0.640. The molecule has 0 bridgehead atoms. The van der Waals surface area contributed by atoms with Crippen LogP contribution in [0.15, 0.2) is 29.2 Å². The molecule has 0 saturated carbocycles. The third-order valence-corrected chi connectivity index (χ3v) is 8.60. The standard InChI is InChI=1S/C25H38N4O6S/c1-19-23(31)27-14-18-35-17-4-3-11-25(24(32)28-19)12-15-29(16-13-25)22(30)10-7-20-5-8-21(9-6-20)36(33,34)26-2/h5-6,8-9,19,26H,3-4,7,10-18H2,1-2H3,(H,27,31)(H,28,32)/t19-/m0/s1. The Kier molecular flexibility index (Phi) is 9.86. The Morgan fingerprint density at radius 1 is 1.11 bits per heavy atom. The lowest BCUT2D eigenvalue weighted by Gasteiger charge is -2.41. The first-order valence-corrected chi connectivity index (χ1v) is 14.1. The molecule has 3 N–H and O–H groups in total. The predicted molar refractivity (Wildman–Crippen MR) is 135 cm³/mol. The van der Waals surface area contributed by atoms with Gasteiger partial charge in [-0.1, -0.05) is 18.6 Å². The lowest BCUT2D eigenvalue weighted by atomic mass is 9.73. The fourth-order valence-corrected chi connectivity index (χ4v) is 5.45. The van der Waals surface area contributed by atoms with Gasteiger partial charge < -0.3 is 20.3 Å². The fourth-order valence-electron chi connectivity index (χ4n) is 4.72. The van der Waals surface area contributed by atoms with Crippen molar-refractivity contribution in [3.05, 3.63) is 29.8 Å². The van der Waals surface area contributed by atoms with Gasteiger partial charge in [-0.2, -0.15) is 0 Å². The Bertz CT molecular complexity index is 1020. The highest BCUT2D eigenvalue weighted by Gasteiger charge is 2.42. The van der Waals surface area contributed by atoms with E-state index in [0.29, 0.717) is 65.0 Å². The molecule has 2 heterocycles. The average Bonchev–Trinajstić information content (AvgIpc) is 2.89. The van der Waals surface area contributed by atoms with Gasteiger partial charge in [0.1, 0.15) is 6.04 Å². The SMILES string of the molecule is CNS(=O)(=O)c1ccc(CCC(=O)N2CCC3(CCCCOCCNC(=O)[C@H](C)NC3=O)CC2)cc1. The minimum Gasteiger partial charge on any atom is -0.380 e. The molecule has 2 fully saturated rings. The van der Waals surface area contributed by atoms with Crippen molar-refractivity contribution in [1.82, 2.24) is 20.3 Å². The summed E-state index contributed by atoms with van der Waals surface area (Å²) in [6.45, 7) is 4.12. The Morgan fingerprint density at radius 3 is 2.47 bits per heavy atom. The summed E-state index contributed by atoms with van der Waals surface area (Å²) in [5, 5.41) is 5.68. The number of aryl methyl sites for hydroxylation is 1. The Balaban J connectivity index is 1.57. The zero-order chi connectivity index (χ0) is 26.2. The zero-order valence-electron chi connectivity index (χ0n) is 21.2. The number of likely N-dealkylation sites (tertiary alicyclic amines) is 1. The summed E-state index contributed by atoms with van der Waals surface area (Å²) < 4.78 is 31.6. The van der Waals surface area contributed by atoms with Gasteiger partial charge in [0.15, 0.2) is 0 Å². The van der Waals surface area contributed by atoms with Gasteiger partial charge in [-0.15, -0.1) is 0 Å². The Labute approximate surface area is 213 Å². The summed E-state index contributed by atoms with van der Waals surface area (Å²) in [6, 6.07) is 5.88. The maximum atomic E-state index is 13.3. The summed E-state index contributed by atoms with van der Waals surface area (Å²) in [6.07, 6.45) is 4.30. The van der Waals surface area contributed by atoms with Gasteiger partial charge in [0, 0.05) is 32.7 Å². The van der Waals surface area contributed by atoms with Crippen LogP contribution in [0.3, 0.4) is 0 Å². The van der Waals surface area contributed by atoms with Gasteiger partial charge in [0.2, 0.25) is 27.7 Å². The van der Waals surface area contributed by atoms with E-state index in [9.17, 15) is 22.8 Å². The van der Waals surface area contributed by atoms with E-state index in [4.69, 9.17) is 4.74 Å². The number of nitrogens with zero attached hydrogens (tertiary/aromatic N) is 1. The molecule has 2 aliphatic heterocycles. The van der Waals surface area contributed by atoms with Crippen LogP contribution >= 0.6 is 0 Å². The number of nitrogens with one attached hydrogen (secondary N) is 3. The highest BCUT2D eigenvalue weighted by molar-refractivity contribution is 7.89. The number of amides is 3. The maximum absolute atomic E-state index is 13.3. The second kappa shape index (κ2) is 12.6. The van der Waals surface area contributed by atoms with E-state index in [1.165, 1.54) is 19.2 Å². The van der Waals surface area contributed by atoms with E-state index in [0.717, 1.165) is 18.4 Å². The molecular weight excluding hydrogens is 484 g/mol. The van der Waals surface area contributed by atoms with Crippen molar-refractivity contribution in [3.63, 3.8) is 0 Å². The molecular formula is C25H38N4O6S.